The van der Waals surface area contributed by atoms with Crippen molar-refractivity contribution in [3.63, 3.8) is 0 Å². The van der Waals surface area contributed by atoms with Gasteiger partial charge in [-0.1, -0.05) is 6.07 Å². The van der Waals surface area contributed by atoms with Crippen molar-refractivity contribution in [3.8, 4) is 62.6 Å². The predicted molar refractivity (Wildman–Crippen MR) is 186 cm³/mol. The second-order valence-electron chi connectivity index (χ2n) is 12.6. The summed E-state index contributed by atoms with van der Waals surface area (Å²) in [5.74, 6) is 3.87. The maximum atomic E-state index is 14.1. The molecule has 254 valence electrons. The van der Waals surface area contributed by atoms with Crippen molar-refractivity contribution in [2.24, 2.45) is 0 Å². The van der Waals surface area contributed by atoms with Crippen LogP contribution in [0.1, 0.15) is 47.1 Å². The van der Waals surface area contributed by atoms with Crippen LogP contribution in [0.3, 0.4) is 0 Å². The monoisotopic (exact) mass is 657 g/mol. The molecule has 10 heteroatoms. The van der Waals surface area contributed by atoms with Crippen LogP contribution in [0, 0.1) is 0 Å². The Balaban J connectivity index is 1.79. The predicted octanol–water partition coefficient (Wildman–Crippen LogP) is 8.03. The summed E-state index contributed by atoms with van der Waals surface area (Å²) in [7, 11) is 6.43. The lowest BCUT2D eigenvalue weighted by atomic mass is 9.91. The Morgan fingerprint density at radius 3 is 1.96 bits per heavy atom. The lowest BCUT2D eigenvalue weighted by Crippen LogP contribution is -2.17. The second-order valence-corrected chi connectivity index (χ2v) is 12.6. The number of hydrogen-bond donors (Lipinski definition) is 0. The van der Waals surface area contributed by atoms with Gasteiger partial charge in [-0.3, -0.25) is 0 Å². The number of methoxy groups -OCH3 is 4. The Hall–Kier alpha value is -4.99. The molecule has 6 rings (SSSR count). The first-order chi connectivity index (χ1) is 23.0. The van der Waals surface area contributed by atoms with Crippen LogP contribution in [-0.2, 0) is 13.0 Å². The third-order valence-electron chi connectivity index (χ3n) is 8.30. The van der Waals surface area contributed by atoms with Gasteiger partial charge in [-0.15, -0.1) is 0 Å². The van der Waals surface area contributed by atoms with Crippen molar-refractivity contribution in [3.05, 3.63) is 52.4 Å². The molecule has 0 atom stereocenters. The van der Waals surface area contributed by atoms with Gasteiger partial charge in [0.15, 0.2) is 34.5 Å². The van der Waals surface area contributed by atoms with Crippen LogP contribution < -0.4 is 38.8 Å². The molecule has 1 aliphatic heterocycles. The summed E-state index contributed by atoms with van der Waals surface area (Å²) in [6.07, 6.45) is 0.296. The second kappa shape index (κ2) is 12.9. The van der Waals surface area contributed by atoms with Gasteiger partial charge in [0.2, 0.25) is 5.75 Å². The smallest absolute Gasteiger partial charge is 0.361 e. The molecule has 0 unspecified atom stereocenters. The summed E-state index contributed by atoms with van der Waals surface area (Å²) in [6.45, 7) is 12.3. The van der Waals surface area contributed by atoms with E-state index in [9.17, 15) is 4.79 Å². The average Bonchev–Trinajstić information content (AvgIpc) is 3.40. The topological polar surface area (TPSA) is 99.8 Å². The Kier molecular flexibility index (Phi) is 8.85. The molecule has 2 aromatic heterocycles. The van der Waals surface area contributed by atoms with Crippen molar-refractivity contribution in [2.45, 2.75) is 72.8 Å². The summed E-state index contributed by atoms with van der Waals surface area (Å²) in [5, 5.41) is 1.43. The number of ether oxygens (including phenoxy) is 7. The Labute approximate surface area is 280 Å². The maximum Gasteiger partial charge on any atom is 0.361 e. The fourth-order valence-corrected chi connectivity index (χ4v) is 6.57. The Bertz CT molecular complexity index is 2070. The summed E-state index contributed by atoms with van der Waals surface area (Å²) in [6, 6.07) is 11.4. The lowest BCUT2D eigenvalue weighted by molar-refractivity contribution is 0.223. The molecule has 0 spiro atoms. The number of rotatable bonds is 11. The number of benzene rings is 3. The van der Waals surface area contributed by atoms with E-state index in [1.165, 1.54) is 0 Å². The molecule has 0 amide bonds. The molecule has 0 saturated heterocycles. The molecule has 0 bridgehead atoms. The standard InChI is InChI=1S/C38H43NO9/c1-19(2)45-26-12-11-22(15-28(26)41-7)32-33-25-17-29(42-8)30(46-20(3)4)18-27(25)48-38(40)35(33)39-14-13-23-24(34(32)39)16-31(43-9)37(44-10)36(23)47-21(5)6/h11-12,15-21H,13-14H2,1-10H3. The third kappa shape index (κ3) is 5.52. The first-order valence-electron chi connectivity index (χ1n) is 16.2. The minimum atomic E-state index is -0.458. The highest BCUT2D eigenvalue weighted by atomic mass is 16.5. The van der Waals surface area contributed by atoms with E-state index in [0.717, 1.165) is 33.3 Å². The molecule has 10 nitrogen and oxygen atoms in total. The molecule has 0 aliphatic carbocycles. The molecule has 3 heterocycles. The maximum absolute atomic E-state index is 14.1. The lowest BCUT2D eigenvalue weighted by Gasteiger charge is -2.27. The summed E-state index contributed by atoms with van der Waals surface area (Å²) < 4.78 is 49.9. The summed E-state index contributed by atoms with van der Waals surface area (Å²) in [5.41, 5.74) is 4.66. The van der Waals surface area contributed by atoms with E-state index in [1.54, 1.807) is 34.5 Å². The summed E-state index contributed by atoms with van der Waals surface area (Å²) in [4.78, 5) is 14.1. The van der Waals surface area contributed by atoms with Gasteiger partial charge >= 0.3 is 5.63 Å². The molecule has 5 aromatic rings. The number of nitrogens with zero attached hydrogens (tertiary/aromatic N) is 1. The largest absolute Gasteiger partial charge is 0.493 e. The number of aromatic nitrogens is 1. The van der Waals surface area contributed by atoms with Crippen LogP contribution in [0.15, 0.2) is 45.6 Å². The van der Waals surface area contributed by atoms with Gasteiger partial charge in [0.25, 0.3) is 0 Å². The highest BCUT2D eigenvalue weighted by molar-refractivity contribution is 6.17. The van der Waals surface area contributed by atoms with Crippen LogP contribution in [0.2, 0.25) is 0 Å². The molecular formula is C38H43NO9. The van der Waals surface area contributed by atoms with Crippen molar-refractivity contribution in [2.75, 3.05) is 28.4 Å². The zero-order chi connectivity index (χ0) is 34.4. The zero-order valence-corrected chi connectivity index (χ0v) is 29.2. The number of fused-ring (bicyclic) bond motifs is 7. The van der Waals surface area contributed by atoms with E-state index in [1.807, 2.05) is 76.4 Å². The average molecular weight is 658 g/mol. The SMILES string of the molecule is COc1cc(-c2c3n(c4c(=O)oc5cc(OC(C)C)c(OC)cc5c24)CCc2c-3cc(OC)c(OC)c2OC(C)C)ccc1OC(C)C. The van der Waals surface area contributed by atoms with Crippen molar-refractivity contribution in [1.29, 1.82) is 0 Å². The van der Waals surface area contributed by atoms with Gasteiger partial charge in [-0.05, 0) is 77.8 Å². The van der Waals surface area contributed by atoms with Gasteiger partial charge in [-0.25, -0.2) is 4.79 Å². The highest BCUT2D eigenvalue weighted by Gasteiger charge is 2.34. The first kappa shape index (κ1) is 32.9. The van der Waals surface area contributed by atoms with Gasteiger partial charge in [0.1, 0.15) is 11.1 Å². The molecule has 48 heavy (non-hydrogen) atoms. The highest BCUT2D eigenvalue weighted by Crippen LogP contribution is 2.53. The molecule has 0 N–H and O–H groups in total. The normalized spacial score (nSPS) is 12.4. The zero-order valence-electron chi connectivity index (χ0n) is 29.2. The number of hydrogen-bond acceptors (Lipinski definition) is 9. The molecule has 0 radical (unpaired) electrons. The van der Waals surface area contributed by atoms with Crippen molar-refractivity contribution < 1.29 is 37.6 Å². The van der Waals surface area contributed by atoms with E-state index in [2.05, 4.69) is 0 Å². The van der Waals surface area contributed by atoms with Crippen LogP contribution in [0.4, 0.5) is 0 Å². The van der Waals surface area contributed by atoms with E-state index in [0.29, 0.717) is 69.7 Å². The van der Waals surface area contributed by atoms with Crippen molar-refractivity contribution in [1.82, 2.24) is 4.57 Å². The molecule has 0 saturated carbocycles. The molecular weight excluding hydrogens is 614 g/mol. The molecule has 1 aliphatic rings. The summed E-state index contributed by atoms with van der Waals surface area (Å²) >= 11 is 0. The van der Waals surface area contributed by atoms with Gasteiger partial charge in [-0.2, -0.15) is 0 Å². The van der Waals surface area contributed by atoms with Gasteiger partial charge in [0, 0.05) is 40.1 Å². The van der Waals surface area contributed by atoms with E-state index < -0.39 is 5.63 Å². The Morgan fingerprint density at radius 2 is 1.33 bits per heavy atom. The van der Waals surface area contributed by atoms with Gasteiger partial charge < -0.3 is 42.1 Å². The fraction of sp³-hybridized carbons (Fsp3) is 0.395. The third-order valence-corrected chi connectivity index (χ3v) is 8.30. The minimum Gasteiger partial charge on any atom is -0.493 e. The van der Waals surface area contributed by atoms with Crippen LogP contribution in [0.25, 0.3) is 44.3 Å². The van der Waals surface area contributed by atoms with Crippen LogP contribution >= 0.6 is 0 Å². The van der Waals surface area contributed by atoms with Gasteiger partial charge in [0.05, 0.1) is 52.4 Å². The van der Waals surface area contributed by atoms with E-state index in [-0.39, 0.29) is 18.3 Å². The van der Waals surface area contributed by atoms with Crippen molar-refractivity contribution >= 4 is 21.9 Å². The van der Waals surface area contributed by atoms with Crippen LogP contribution in [0.5, 0.6) is 40.2 Å². The van der Waals surface area contributed by atoms with Crippen LogP contribution in [-0.4, -0.2) is 51.3 Å². The quantitative estimate of drug-likeness (QED) is 0.131. The minimum absolute atomic E-state index is 0.0511. The van der Waals surface area contributed by atoms with E-state index >= 15 is 0 Å². The Morgan fingerprint density at radius 1 is 0.688 bits per heavy atom. The molecule has 3 aromatic carbocycles. The number of aryl methyl sites for hydroxylation is 1. The fourth-order valence-electron chi connectivity index (χ4n) is 6.57. The molecule has 0 fully saturated rings. The van der Waals surface area contributed by atoms with E-state index in [4.69, 9.17) is 37.6 Å². The first-order valence-corrected chi connectivity index (χ1v) is 16.2.